The average molecular weight is 170 g/mol. The molecule has 2 nitrogen and oxygen atoms in total. The molecule has 0 amide bonds. The smallest absolute Gasteiger partial charge is 0.307 e. The Morgan fingerprint density at radius 1 is 1.17 bits per heavy atom. The van der Waals surface area contributed by atoms with Crippen LogP contribution in [0.3, 0.4) is 0 Å². The summed E-state index contributed by atoms with van der Waals surface area (Å²) < 4.78 is 0. The molecule has 2 atom stereocenters. The van der Waals surface area contributed by atoms with Gasteiger partial charge >= 0.3 is 5.97 Å². The first-order valence-corrected chi connectivity index (χ1v) is 4.85. The van der Waals surface area contributed by atoms with E-state index in [4.69, 9.17) is 5.11 Å². The highest BCUT2D eigenvalue weighted by molar-refractivity contribution is 5.70. The number of carboxylic acid groups (broad SMARTS) is 1. The van der Waals surface area contributed by atoms with E-state index < -0.39 is 5.97 Å². The van der Waals surface area contributed by atoms with Crippen LogP contribution in [0, 0.1) is 17.8 Å². The molecular formula is C10H18O2. The van der Waals surface area contributed by atoms with Crippen LogP contribution >= 0.6 is 0 Å². The zero-order valence-corrected chi connectivity index (χ0v) is 7.92. The van der Waals surface area contributed by atoms with Gasteiger partial charge in [-0.1, -0.05) is 26.7 Å². The van der Waals surface area contributed by atoms with Crippen LogP contribution in [-0.4, -0.2) is 11.1 Å². The van der Waals surface area contributed by atoms with Crippen LogP contribution in [0.15, 0.2) is 0 Å². The molecule has 2 unspecified atom stereocenters. The zero-order chi connectivity index (χ0) is 9.14. The van der Waals surface area contributed by atoms with E-state index in [1.807, 2.05) is 0 Å². The molecule has 0 aromatic heterocycles. The lowest BCUT2D eigenvalue weighted by Crippen LogP contribution is -2.26. The van der Waals surface area contributed by atoms with Gasteiger partial charge in [0.1, 0.15) is 0 Å². The first-order valence-electron chi connectivity index (χ1n) is 4.85. The maximum absolute atomic E-state index is 10.9. The third-order valence-electron chi connectivity index (χ3n) is 3.08. The Bertz CT molecular complexity index is 153. The van der Waals surface area contributed by atoms with Gasteiger partial charge in [-0.3, -0.25) is 4.79 Å². The minimum Gasteiger partial charge on any atom is -0.481 e. The quantitative estimate of drug-likeness (QED) is 0.614. The second-order valence-electron chi connectivity index (χ2n) is 4.10. The van der Waals surface area contributed by atoms with Gasteiger partial charge in [-0.05, 0) is 24.7 Å². The molecule has 0 heterocycles. The lowest BCUT2D eigenvalue weighted by molar-refractivity contribution is -0.145. The molecule has 1 saturated carbocycles. The SMILES string of the molecule is CC1CCCCC(C)C1C(=O)O. The van der Waals surface area contributed by atoms with E-state index in [2.05, 4.69) is 13.8 Å². The summed E-state index contributed by atoms with van der Waals surface area (Å²) in [6.45, 7) is 4.14. The molecule has 1 N–H and O–H groups in total. The number of carboxylic acids is 1. The number of aliphatic carboxylic acids is 1. The molecule has 0 spiro atoms. The van der Waals surface area contributed by atoms with E-state index in [1.165, 1.54) is 12.8 Å². The fourth-order valence-corrected chi connectivity index (χ4v) is 2.34. The van der Waals surface area contributed by atoms with Crippen molar-refractivity contribution in [1.82, 2.24) is 0 Å². The Balaban J connectivity index is 2.68. The first-order chi connectivity index (χ1) is 5.63. The molecule has 2 heteroatoms. The predicted octanol–water partition coefficient (Wildman–Crippen LogP) is 2.53. The number of carbonyl (C=O) groups is 1. The monoisotopic (exact) mass is 170 g/mol. The van der Waals surface area contributed by atoms with Crippen LogP contribution in [0.2, 0.25) is 0 Å². The number of hydrogen-bond acceptors (Lipinski definition) is 1. The first kappa shape index (κ1) is 9.56. The lowest BCUT2D eigenvalue weighted by atomic mass is 9.83. The summed E-state index contributed by atoms with van der Waals surface area (Å²) in [7, 11) is 0. The normalized spacial score (nSPS) is 37.3. The molecule has 0 aromatic rings. The lowest BCUT2D eigenvalue weighted by Gasteiger charge is -2.22. The summed E-state index contributed by atoms with van der Waals surface area (Å²) in [5.74, 6) is 0.0180. The van der Waals surface area contributed by atoms with Gasteiger partial charge in [-0.25, -0.2) is 0 Å². The number of hydrogen-bond donors (Lipinski definition) is 1. The minimum absolute atomic E-state index is 0.104. The van der Waals surface area contributed by atoms with Gasteiger partial charge in [0.2, 0.25) is 0 Å². The third kappa shape index (κ3) is 1.99. The highest BCUT2D eigenvalue weighted by atomic mass is 16.4. The summed E-state index contributed by atoms with van der Waals surface area (Å²) in [6, 6.07) is 0. The Hall–Kier alpha value is -0.530. The summed E-state index contributed by atoms with van der Waals surface area (Å²) in [4.78, 5) is 10.9. The highest BCUT2D eigenvalue weighted by Crippen LogP contribution is 2.32. The fourth-order valence-electron chi connectivity index (χ4n) is 2.34. The van der Waals surface area contributed by atoms with Crippen molar-refractivity contribution in [3.8, 4) is 0 Å². The van der Waals surface area contributed by atoms with Gasteiger partial charge in [0.25, 0.3) is 0 Å². The van der Waals surface area contributed by atoms with Crippen molar-refractivity contribution in [3.63, 3.8) is 0 Å². The zero-order valence-electron chi connectivity index (χ0n) is 7.92. The fraction of sp³-hybridized carbons (Fsp3) is 0.900. The molecule has 0 aliphatic heterocycles. The van der Waals surface area contributed by atoms with Crippen molar-refractivity contribution in [3.05, 3.63) is 0 Å². The molecule has 70 valence electrons. The third-order valence-corrected chi connectivity index (χ3v) is 3.08. The Labute approximate surface area is 74.0 Å². The van der Waals surface area contributed by atoms with Crippen molar-refractivity contribution in [2.45, 2.75) is 39.5 Å². The van der Waals surface area contributed by atoms with Crippen LogP contribution in [0.25, 0.3) is 0 Å². The molecule has 1 rings (SSSR count). The Morgan fingerprint density at radius 3 is 1.92 bits per heavy atom. The van der Waals surface area contributed by atoms with E-state index in [-0.39, 0.29) is 5.92 Å². The molecule has 1 fully saturated rings. The number of rotatable bonds is 1. The van der Waals surface area contributed by atoms with E-state index in [0.29, 0.717) is 11.8 Å². The molecule has 0 saturated heterocycles. The molecular weight excluding hydrogens is 152 g/mol. The van der Waals surface area contributed by atoms with Crippen molar-refractivity contribution >= 4 is 5.97 Å². The Morgan fingerprint density at radius 2 is 1.58 bits per heavy atom. The van der Waals surface area contributed by atoms with Crippen LogP contribution in [0.1, 0.15) is 39.5 Å². The van der Waals surface area contributed by atoms with Crippen LogP contribution in [0.4, 0.5) is 0 Å². The molecule has 0 radical (unpaired) electrons. The molecule has 0 bridgehead atoms. The van der Waals surface area contributed by atoms with Gasteiger partial charge in [-0.2, -0.15) is 0 Å². The average Bonchev–Trinajstić information content (AvgIpc) is 2.11. The van der Waals surface area contributed by atoms with Crippen molar-refractivity contribution in [2.24, 2.45) is 17.8 Å². The molecule has 1 aliphatic carbocycles. The maximum atomic E-state index is 10.9. The standard InChI is InChI=1S/C10H18O2/c1-7-5-3-4-6-8(2)9(7)10(11)12/h7-9H,3-6H2,1-2H3,(H,11,12). The summed E-state index contributed by atoms with van der Waals surface area (Å²) in [5, 5.41) is 9.00. The van der Waals surface area contributed by atoms with Crippen molar-refractivity contribution in [1.29, 1.82) is 0 Å². The van der Waals surface area contributed by atoms with E-state index in [9.17, 15) is 4.79 Å². The van der Waals surface area contributed by atoms with E-state index in [0.717, 1.165) is 12.8 Å². The Kier molecular flexibility index (Phi) is 3.12. The summed E-state index contributed by atoms with van der Waals surface area (Å²) in [6.07, 6.45) is 4.58. The van der Waals surface area contributed by atoms with E-state index in [1.54, 1.807) is 0 Å². The highest BCUT2D eigenvalue weighted by Gasteiger charge is 2.31. The van der Waals surface area contributed by atoms with Crippen molar-refractivity contribution < 1.29 is 9.90 Å². The minimum atomic E-state index is -0.600. The second kappa shape index (κ2) is 3.92. The largest absolute Gasteiger partial charge is 0.481 e. The van der Waals surface area contributed by atoms with Crippen molar-refractivity contribution in [2.75, 3.05) is 0 Å². The predicted molar refractivity (Wildman–Crippen MR) is 47.9 cm³/mol. The topological polar surface area (TPSA) is 37.3 Å². The van der Waals surface area contributed by atoms with Gasteiger partial charge in [0.15, 0.2) is 0 Å². The van der Waals surface area contributed by atoms with Crippen LogP contribution < -0.4 is 0 Å². The van der Waals surface area contributed by atoms with Gasteiger partial charge in [-0.15, -0.1) is 0 Å². The van der Waals surface area contributed by atoms with E-state index >= 15 is 0 Å². The molecule has 0 aromatic carbocycles. The second-order valence-corrected chi connectivity index (χ2v) is 4.10. The summed E-state index contributed by atoms with van der Waals surface area (Å²) >= 11 is 0. The molecule has 1 aliphatic rings. The van der Waals surface area contributed by atoms with Gasteiger partial charge < -0.3 is 5.11 Å². The summed E-state index contributed by atoms with van der Waals surface area (Å²) in [5.41, 5.74) is 0. The van der Waals surface area contributed by atoms with Gasteiger partial charge in [0.05, 0.1) is 5.92 Å². The van der Waals surface area contributed by atoms with Crippen LogP contribution in [0.5, 0.6) is 0 Å². The van der Waals surface area contributed by atoms with Gasteiger partial charge in [0, 0.05) is 0 Å². The maximum Gasteiger partial charge on any atom is 0.307 e. The van der Waals surface area contributed by atoms with Crippen LogP contribution in [-0.2, 0) is 4.79 Å². The molecule has 12 heavy (non-hydrogen) atoms.